The Morgan fingerprint density at radius 2 is 1.75 bits per heavy atom. The summed E-state index contributed by atoms with van der Waals surface area (Å²) in [6.07, 6.45) is 0. The van der Waals surface area contributed by atoms with Crippen molar-refractivity contribution in [3.8, 4) is 5.75 Å². The molecule has 0 aliphatic rings. The lowest BCUT2D eigenvalue weighted by atomic mass is 10.1. The highest BCUT2D eigenvalue weighted by molar-refractivity contribution is 6.03. The first-order valence-electron chi connectivity index (χ1n) is 4.50. The Morgan fingerprint density at radius 3 is 2.19 bits per heavy atom. The van der Waals surface area contributed by atoms with Gasteiger partial charge in [-0.15, -0.1) is 0 Å². The minimum Gasteiger partial charge on any atom is -0.492 e. The summed E-state index contributed by atoms with van der Waals surface area (Å²) in [6, 6.07) is 2.20. The van der Waals surface area contributed by atoms with Crippen molar-refractivity contribution in [2.45, 2.75) is 6.92 Å². The van der Waals surface area contributed by atoms with Crippen molar-refractivity contribution in [3.63, 3.8) is 0 Å². The Bertz CT molecular complexity index is 441. The Hall–Kier alpha value is -2.24. The number of aromatic carboxylic acids is 2. The molecule has 6 heteroatoms. The van der Waals surface area contributed by atoms with Crippen LogP contribution in [0, 0.1) is 0 Å². The van der Waals surface area contributed by atoms with Crippen LogP contribution >= 0.6 is 0 Å². The first kappa shape index (κ1) is 11.8. The van der Waals surface area contributed by atoms with Crippen LogP contribution in [0.1, 0.15) is 27.6 Å². The minimum absolute atomic E-state index is 0.101. The van der Waals surface area contributed by atoms with Crippen LogP contribution in [-0.4, -0.2) is 28.8 Å². The van der Waals surface area contributed by atoms with Crippen molar-refractivity contribution in [1.29, 1.82) is 0 Å². The lowest BCUT2D eigenvalue weighted by molar-refractivity contribution is 0.0651. The van der Waals surface area contributed by atoms with E-state index in [1.807, 2.05) is 0 Å². The molecule has 16 heavy (non-hydrogen) atoms. The average molecular weight is 225 g/mol. The second-order valence-electron chi connectivity index (χ2n) is 2.98. The fraction of sp³-hybridized carbons (Fsp3) is 0.200. The van der Waals surface area contributed by atoms with Crippen molar-refractivity contribution in [2.24, 2.45) is 0 Å². The number of ether oxygens (including phenoxy) is 1. The molecule has 0 fully saturated rings. The standard InChI is InChI=1S/C10H11NO5/c1-2-16-8-4-6(10(14)15)5(9(12)13)3-7(8)11/h3-4H,2,11H2,1H3,(H,12,13)(H,14,15). The maximum absolute atomic E-state index is 10.8. The van der Waals surface area contributed by atoms with Gasteiger partial charge in [0.15, 0.2) is 0 Å². The second kappa shape index (κ2) is 4.52. The van der Waals surface area contributed by atoms with Crippen molar-refractivity contribution in [3.05, 3.63) is 23.3 Å². The number of rotatable bonds is 4. The van der Waals surface area contributed by atoms with Gasteiger partial charge in [-0.25, -0.2) is 9.59 Å². The molecule has 0 atom stereocenters. The van der Waals surface area contributed by atoms with Gasteiger partial charge in [0.05, 0.1) is 23.4 Å². The Labute approximate surface area is 91.3 Å². The molecule has 1 aromatic carbocycles. The number of carbonyl (C=O) groups is 2. The van der Waals surface area contributed by atoms with E-state index in [0.29, 0.717) is 6.61 Å². The Kier molecular flexibility index (Phi) is 3.34. The van der Waals surface area contributed by atoms with Gasteiger partial charge in [-0.05, 0) is 19.1 Å². The zero-order valence-electron chi connectivity index (χ0n) is 8.56. The molecule has 0 spiro atoms. The molecule has 1 rings (SSSR count). The topological polar surface area (TPSA) is 110 Å². The van der Waals surface area contributed by atoms with Crippen LogP contribution in [-0.2, 0) is 0 Å². The molecular weight excluding hydrogens is 214 g/mol. The number of anilines is 1. The summed E-state index contributed by atoms with van der Waals surface area (Å²) in [5, 5.41) is 17.6. The monoisotopic (exact) mass is 225 g/mol. The molecular formula is C10H11NO5. The largest absolute Gasteiger partial charge is 0.492 e. The van der Waals surface area contributed by atoms with Crippen LogP contribution in [0.15, 0.2) is 12.1 Å². The van der Waals surface area contributed by atoms with Crippen molar-refractivity contribution in [2.75, 3.05) is 12.3 Å². The second-order valence-corrected chi connectivity index (χ2v) is 2.98. The van der Waals surface area contributed by atoms with Crippen LogP contribution < -0.4 is 10.5 Å². The fourth-order valence-corrected chi connectivity index (χ4v) is 1.23. The van der Waals surface area contributed by atoms with E-state index in [0.717, 1.165) is 12.1 Å². The van der Waals surface area contributed by atoms with E-state index in [2.05, 4.69) is 0 Å². The molecule has 0 radical (unpaired) electrons. The average Bonchev–Trinajstić information content (AvgIpc) is 2.20. The summed E-state index contributed by atoms with van der Waals surface area (Å²) >= 11 is 0. The van der Waals surface area contributed by atoms with Crippen LogP contribution in [0.5, 0.6) is 5.75 Å². The van der Waals surface area contributed by atoms with Gasteiger partial charge in [0, 0.05) is 0 Å². The van der Waals surface area contributed by atoms with E-state index >= 15 is 0 Å². The summed E-state index contributed by atoms with van der Waals surface area (Å²) in [5.41, 5.74) is 4.94. The molecule has 0 aliphatic heterocycles. The minimum atomic E-state index is -1.34. The smallest absolute Gasteiger partial charge is 0.336 e. The molecule has 6 nitrogen and oxygen atoms in total. The summed E-state index contributed by atoms with van der Waals surface area (Å²) in [5.74, 6) is -2.50. The van der Waals surface area contributed by atoms with Gasteiger partial charge in [-0.2, -0.15) is 0 Å². The van der Waals surface area contributed by atoms with Crippen molar-refractivity contribution >= 4 is 17.6 Å². The highest BCUT2D eigenvalue weighted by atomic mass is 16.5. The zero-order chi connectivity index (χ0) is 12.3. The van der Waals surface area contributed by atoms with E-state index in [1.54, 1.807) is 6.92 Å². The van der Waals surface area contributed by atoms with Gasteiger partial charge in [0.2, 0.25) is 0 Å². The number of hydrogen-bond acceptors (Lipinski definition) is 4. The van der Waals surface area contributed by atoms with Gasteiger partial charge in [0.1, 0.15) is 5.75 Å². The number of carboxylic acid groups (broad SMARTS) is 2. The first-order valence-corrected chi connectivity index (χ1v) is 4.50. The number of hydrogen-bond donors (Lipinski definition) is 3. The predicted molar refractivity (Wildman–Crippen MR) is 55.9 cm³/mol. The van der Waals surface area contributed by atoms with Gasteiger partial charge < -0.3 is 20.7 Å². The number of nitrogens with two attached hydrogens (primary N) is 1. The molecule has 0 saturated heterocycles. The lowest BCUT2D eigenvalue weighted by Gasteiger charge is -2.09. The number of nitrogen functional groups attached to an aromatic ring is 1. The molecule has 0 heterocycles. The Morgan fingerprint density at radius 1 is 1.25 bits per heavy atom. The fourth-order valence-electron chi connectivity index (χ4n) is 1.23. The van der Waals surface area contributed by atoms with Crippen LogP contribution in [0.4, 0.5) is 5.69 Å². The molecule has 0 aliphatic carbocycles. The van der Waals surface area contributed by atoms with Gasteiger partial charge in [-0.3, -0.25) is 0 Å². The molecule has 86 valence electrons. The third-order valence-electron chi connectivity index (χ3n) is 1.91. The lowest BCUT2D eigenvalue weighted by Crippen LogP contribution is -2.10. The van der Waals surface area contributed by atoms with Crippen LogP contribution in [0.25, 0.3) is 0 Å². The normalized spacial score (nSPS) is 9.81. The van der Waals surface area contributed by atoms with E-state index in [4.69, 9.17) is 20.7 Å². The van der Waals surface area contributed by atoms with Gasteiger partial charge in [0.25, 0.3) is 0 Å². The number of carboxylic acids is 2. The molecule has 0 aromatic heterocycles. The van der Waals surface area contributed by atoms with E-state index < -0.39 is 11.9 Å². The molecule has 0 saturated carbocycles. The summed E-state index contributed by atoms with van der Waals surface area (Å²) in [7, 11) is 0. The van der Waals surface area contributed by atoms with Crippen molar-refractivity contribution in [1.82, 2.24) is 0 Å². The highest BCUT2D eigenvalue weighted by Gasteiger charge is 2.19. The third kappa shape index (κ3) is 2.22. The van der Waals surface area contributed by atoms with Crippen molar-refractivity contribution < 1.29 is 24.5 Å². The number of benzene rings is 1. The predicted octanol–water partition coefficient (Wildman–Crippen LogP) is 1.06. The van der Waals surface area contributed by atoms with Crippen LogP contribution in [0.3, 0.4) is 0 Å². The maximum atomic E-state index is 10.8. The van der Waals surface area contributed by atoms with E-state index in [-0.39, 0.29) is 22.6 Å². The molecule has 1 aromatic rings. The SMILES string of the molecule is CCOc1cc(C(=O)O)c(C(=O)O)cc1N. The zero-order valence-corrected chi connectivity index (χ0v) is 8.56. The maximum Gasteiger partial charge on any atom is 0.336 e. The molecule has 0 bridgehead atoms. The van der Waals surface area contributed by atoms with Gasteiger partial charge >= 0.3 is 11.9 Å². The van der Waals surface area contributed by atoms with Gasteiger partial charge in [-0.1, -0.05) is 0 Å². The summed E-state index contributed by atoms with van der Waals surface area (Å²) in [4.78, 5) is 21.6. The summed E-state index contributed by atoms with van der Waals surface area (Å²) < 4.78 is 5.08. The quantitative estimate of drug-likeness (QED) is 0.661. The highest BCUT2D eigenvalue weighted by Crippen LogP contribution is 2.26. The molecule has 4 N–H and O–H groups in total. The first-order chi connectivity index (χ1) is 7.47. The van der Waals surface area contributed by atoms with E-state index in [9.17, 15) is 9.59 Å². The third-order valence-corrected chi connectivity index (χ3v) is 1.91. The Balaban J connectivity index is 3.37. The van der Waals surface area contributed by atoms with Crippen LogP contribution in [0.2, 0.25) is 0 Å². The molecule has 0 unspecified atom stereocenters. The molecule has 0 amide bonds. The van der Waals surface area contributed by atoms with E-state index in [1.165, 1.54) is 0 Å². The summed E-state index contributed by atoms with van der Waals surface area (Å²) in [6.45, 7) is 2.03.